The van der Waals surface area contributed by atoms with Crippen LogP contribution in [0.1, 0.15) is 25.3 Å². The van der Waals surface area contributed by atoms with Crippen LogP contribution in [0.2, 0.25) is 0 Å². The zero-order valence-electron chi connectivity index (χ0n) is 14.3. The number of unbranched alkanes of at least 4 members (excludes halogenated alkanes) is 1. The third-order valence-corrected chi connectivity index (χ3v) is 4.09. The number of ether oxygens (including phenoxy) is 1. The summed E-state index contributed by atoms with van der Waals surface area (Å²) >= 11 is 0. The van der Waals surface area contributed by atoms with Crippen LogP contribution >= 0.6 is 0 Å². The molecule has 0 unspecified atom stereocenters. The van der Waals surface area contributed by atoms with E-state index in [1.165, 1.54) is 12.1 Å². The van der Waals surface area contributed by atoms with Gasteiger partial charge in [-0.2, -0.15) is 0 Å². The molecule has 2 aromatic carbocycles. The van der Waals surface area contributed by atoms with Crippen LogP contribution < -0.4 is 15.4 Å². The van der Waals surface area contributed by atoms with Gasteiger partial charge in [0, 0.05) is 24.4 Å². The number of nitro benzene ring substituents is 1. The van der Waals surface area contributed by atoms with Gasteiger partial charge in [0.1, 0.15) is 0 Å². The summed E-state index contributed by atoms with van der Waals surface area (Å²) in [5.41, 5.74) is 7.71. The highest BCUT2D eigenvalue weighted by Gasteiger charge is 2.30. The Morgan fingerprint density at radius 1 is 1.23 bits per heavy atom. The molecule has 0 bridgehead atoms. The molecule has 0 saturated carbocycles. The molecule has 0 radical (unpaired) electrons. The lowest BCUT2D eigenvalue weighted by Crippen LogP contribution is -2.38. The van der Waals surface area contributed by atoms with Crippen molar-refractivity contribution in [2.45, 2.75) is 19.8 Å². The van der Waals surface area contributed by atoms with Gasteiger partial charge in [-0.3, -0.25) is 14.9 Å². The minimum absolute atomic E-state index is 0.00608. The number of hydrogen-bond acceptors (Lipinski definition) is 5. The lowest BCUT2D eigenvalue weighted by molar-refractivity contribution is -0.384. The van der Waals surface area contributed by atoms with Crippen molar-refractivity contribution in [2.75, 3.05) is 17.2 Å². The molecule has 2 aromatic rings. The second kappa shape index (κ2) is 7.26. The summed E-state index contributed by atoms with van der Waals surface area (Å²) in [6, 6.07) is 11.1. The summed E-state index contributed by atoms with van der Waals surface area (Å²) in [6.07, 6.45) is 3.39. The number of non-ortho nitro benzene ring substituents is 1. The highest BCUT2D eigenvalue weighted by molar-refractivity contribution is 6.10. The molecular weight excluding hydrogens is 334 g/mol. The Labute approximate surface area is 150 Å². The van der Waals surface area contributed by atoms with Gasteiger partial charge in [0.15, 0.2) is 11.5 Å². The van der Waals surface area contributed by atoms with Crippen LogP contribution in [-0.2, 0) is 4.79 Å². The lowest BCUT2D eigenvalue weighted by atomic mass is 10.1. The van der Waals surface area contributed by atoms with E-state index in [0.717, 1.165) is 12.8 Å². The Morgan fingerprint density at radius 3 is 2.62 bits per heavy atom. The van der Waals surface area contributed by atoms with Gasteiger partial charge in [0.05, 0.1) is 10.6 Å². The van der Waals surface area contributed by atoms with E-state index < -0.39 is 4.92 Å². The van der Waals surface area contributed by atoms with Gasteiger partial charge in [-0.25, -0.2) is 0 Å². The van der Waals surface area contributed by atoms with Crippen molar-refractivity contribution < 1.29 is 14.5 Å². The number of fused-ring (bicyclic) bond motifs is 1. The first kappa shape index (κ1) is 17.5. The number of nitrogen functional groups attached to an aromatic ring is 1. The third-order valence-electron chi connectivity index (χ3n) is 4.09. The van der Waals surface area contributed by atoms with Crippen LogP contribution in [0.15, 0.2) is 48.2 Å². The van der Waals surface area contributed by atoms with E-state index in [0.29, 0.717) is 29.2 Å². The molecule has 0 atom stereocenters. The van der Waals surface area contributed by atoms with Crippen molar-refractivity contribution in [3.63, 3.8) is 0 Å². The average molecular weight is 353 g/mol. The maximum absolute atomic E-state index is 12.9. The first-order valence-electron chi connectivity index (χ1n) is 8.35. The summed E-state index contributed by atoms with van der Waals surface area (Å²) in [7, 11) is 0. The summed E-state index contributed by atoms with van der Waals surface area (Å²) in [4.78, 5) is 24.8. The number of nitrogens with two attached hydrogens (primary N) is 1. The van der Waals surface area contributed by atoms with E-state index in [2.05, 4.69) is 6.92 Å². The molecule has 3 rings (SSSR count). The van der Waals surface area contributed by atoms with Crippen molar-refractivity contribution in [3.05, 3.63) is 63.9 Å². The third kappa shape index (κ3) is 3.51. The molecule has 0 spiro atoms. The van der Waals surface area contributed by atoms with Crippen molar-refractivity contribution in [1.29, 1.82) is 0 Å². The summed E-state index contributed by atoms with van der Waals surface area (Å²) in [5, 5.41) is 10.8. The van der Waals surface area contributed by atoms with E-state index in [4.69, 9.17) is 10.5 Å². The van der Waals surface area contributed by atoms with Gasteiger partial charge in [-0.05, 0) is 48.4 Å². The Hall–Kier alpha value is -3.35. The van der Waals surface area contributed by atoms with Crippen LogP contribution in [0.25, 0.3) is 6.08 Å². The molecule has 0 aromatic heterocycles. The summed E-state index contributed by atoms with van der Waals surface area (Å²) < 4.78 is 5.77. The Kier molecular flexibility index (Phi) is 4.88. The van der Waals surface area contributed by atoms with Crippen LogP contribution in [-0.4, -0.2) is 17.4 Å². The van der Waals surface area contributed by atoms with E-state index in [-0.39, 0.29) is 17.4 Å². The standard InChI is InChI=1S/C19H19N3O4/c1-2-3-10-21-16-12-14(20)6-9-17(16)26-18(19(21)23)11-13-4-7-15(8-5-13)22(24)25/h4-9,11-12H,2-3,10,20H2,1H3/b18-11+. The smallest absolute Gasteiger partial charge is 0.294 e. The van der Waals surface area contributed by atoms with E-state index >= 15 is 0 Å². The molecule has 134 valence electrons. The highest BCUT2D eigenvalue weighted by Crippen LogP contribution is 2.37. The summed E-state index contributed by atoms with van der Waals surface area (Å²) in [5.74, 6) is 0.477. The molecule has 0 saturated heterocycles. The van der Waals surface area contributed by atoms with Crippen molar-refractivity contribution in [3.8, 4) is 5.75 Å². The number of amides is 1. The predicted octanol–water partition coefficient (Wildman–Crippen LogP) is 3.74. The second-order valence-corrected chi connectivity index (χ2v) is 6.00. The fraction of sp³-hybridized carbons (Fsp3) is 0.211. The van der Waals surface area contributed by atoms with Crippen LogP contribution in [0.5, 0.6) is 5.75 Å². The molecule has 1 amide bonds. The van der Waals surface area contributed by atoms with Gasteiger partial charge < -0.3 is 15.4 Å². The number of anilines is 2. The number of carbonyl (C=O) groups excluding carboxylic acids is 1. The number of nitrogens with zero attached hydrogens (tertiary/aromatic N) is 2. The van der Waals surface area contributed by atoms with Crippen LogP contribution in [0, 0.1) is 10.1 Å². The summed E-state index contributed by atoms with van der Waals surface area (Å²) in [6.45, 7) is 2.62. The Morgan fingerprint density at radius 2 is 1.96 bits per heavy atom. The minimum Gasteiger partial charge on any atom is -0.449 e. The van der Waals surface area contributed by atoms with Gasteiger partial charge >= 0.3 is 0 Å². The van der Waals surface area contributed by atoms with E-state index in [1.54, 1.807) is 41.3 Å². The molecule has 26 heavy (non-hydrogen) atoms. The number of carbonyl (C=O) groups is 1. The van der Waals surface area contributed by atoms with Crippen LogP contribution in [0.4, 0.5) is 17.1 Å². The molecule has 1 heterocycles. The molecule has 7 heteroatoms. The van der Waals surface area contributed by atoms with Gasteiger partial charge in [-0.15, -0.1) is 0 Å². The molecule has 1 aliphatic heterocycles. The molecule has 2 N–H and O–H groups in total. The molecule has 0 aliphatic carbocycles. The SMILES string of the molecule is CCCCN1C(=O)/C(=C\c2ccc([N+](=O)[O-])cc2)Oc2ccc(N)cc21. The van der Waals surface area contributed by atoms with E-state index in [1.807, 2.05) is 0 Å². The Balaban J connectivity index is 1.96. The zero-order valence-corrected chi connectivity index (χ0v) is 14.3. The second-order valence-electron chi connectivity index (χ2n) is 6.00. The number of nitro groups is 1. The zero-order chi connectivity index (χ0) is 18.7. The lowest BCUT2D eigenvalue weighted by Gasteiger charge is -2.30. The number of hydrogen-bond donors (Lipinski definition) is 1. The first-order chi connectivity index (χ1) is 12.5. The molecule has 1 aliphatic rings. The van der Waals surface area contributed by atoms with Crippen molar-refractivity contribution in [2.24, 2.45) is 0 Å². The topological polar surface area (TPSA) is 98.7 Å². The highest BCUT2D eigenvalue weighted by atomic mass is 16.6. The first-order valence-corrected chi connectivity index (χ1v) is 8.35. The van der Waals surface area contributed by atoms with Gasteiger partial charge in [0.25, 0.3) is 11.6 Å². The largest absolute Gasteiger partial charge is 0.449 e. The minimum atomic E-state index is -0.466. The molecule has 7 nitrogen and oxygen atoms in total. The average Bonchev–Trinajstić information content (AvgIpc) is 2.63. The van der Waals surface area contributed by atoms with Crippen molar-refractivity contribution >= 4 is 29.0 Å². The fourth-order valence-electron chi connectivity index (χ4n) is 2.71. The van der Waals surface area contributed by atoms with Crippen molar-refractivity contribution in [1.82, 2.24) is 0 Å². The number of rotatable bonds is 5. The van der Waals surface area contributed by atoms with Crippen LogP contribution in [0.3, 0.4) is 0 Å². The van der Waals surface area contributed by atoms with Gasteiger partial charge in [0.2, 0.25) is 0 Å². The normalized spacial score (nSPS) is 14.9. The van der Waals surface area contributed by atoms with E-state index in [9.17, 15) is 14.9 Å². The number of benzene rings is 2. The maximum atomic E-state index is 12.9. The fourth-order valence-corrected chi connectivity index (χ4v) is 2.71. The Bertz CT molecular complexity index is 875. The van der Waals surface area contributed by atoms with Gasteiger partial charge in [-0.1, -0.05) is 13.3 Å². The maximum Gasteiger partial charge on any atom is 0.294 e. The molecular formula is C19H19N3O4. The monoisotopic (exact) mass is 353 g/mol. The molecule has 0 fully saturated rings. The predicted molar refractivity (Wildman–Crippen MR) is 99.8 cm³/mol. The quantitative estimate of drug-likeness (QED) is 0.382.